The Labute approximate surface area is 116 Å². The monoisotopic (exact) mass is 259 g/mol. The van der Waals surface area contributed by atoms with E-state index in [4.69, 9.17) is 4.74 Å². The van der Waals surface area contributed by atoms with Crippen LogP contribution in [0.2, 0.25) is 0 Å². The molecule has 0 radical (unpaired) electrons. The van der Waals surface area contributed by atoms with Crippen LogP contribution in [0.5, 0.6) is 0 Å². The lowest BCUT2D eigenvalue weighted by Gasteiger charge is -2.37. The topological polar surface area (TPSA) is 15.8 Å². The molecule has 2 heteroatoms. The zero-order valence-corrected chi connectivity index (χ0v) is 12.0. The fraction of sp³-hybridized carbons (Fsp3) is 0.647. The van der Waals surface area contributed by atoms with E-state index in [9.17, 15) is 0 Å². The second kappa shape index (κ2) is 5.64. The SMILES string of the molecule is CCCCC1CN(Cc2ccccc2)CCC12CO2. The summed E-state index contributed by atoms with van der Waals surface area (Å²) in [5, 5.41) is 0. The molecule has 0 N–H and O–H groups in total. The molecule has 2 unspecified atom stereocenters. The van der Waals surface area contributed by atoms with Gasteiger partial charge in [0.05, 0.1) is 12.2 Å². The van der Waals surface area contributed by atoms with Gasteiger partial charge in [-0.2, -0.15) is 0 Å². The maximum Gasteiger partial charge on any atom is 0.0968 e. The average Bonchev–Trinajstić information content (AvgIpc) is 3.22. The Balaban J connectivity index is 1.59. The molecule has 0 aliphatic carbocycles. The van der Waals surface area contributed by atoms with Crippen molar-refractivity contribution in [3.05, 3.63) is 35.9 Å². The molecule has 2 atom stereocenters. The van der Waals surface area contributed by atoms with Crippen molar-refractivity contribution >= 4 is 0 Å². The van der Waals surface area contributed by atoms with E-state index >= 15 is 0 Å². The largest absolute Gasteiger partial charge is 0.369 e. The minimum atomic E-state index is 0.280. The van der Waals surface area contributed by atoms with Gasteiger partial charge in [-0.25, -0.2) is 0 Å². The van der Waals surface area contributed by atoms with Crippen LogP contribution in [0.4, 0.5) is 0 Å². The lowest BCUT2D eigenvalue weighted by molar-refractivity contribution is 0.0735. The van der Waals surface area contributed by atoms with Gasteiger partial charge in [-0.1, -0.05) is 50.1 Å². The Bertz CT molecular complexity index is 399. The lowest BCUT2D eigenvalue weighted by Crippen LogP contribution is -2.44. The van der Waals surface area contributed by atoms with E-state index < -0.39 is 0 Å². The molecule has 2 saturated heterocycles. The molecule has 0 saturated carbocycles. The first-order chi connectivity index (χ1) is 9.32. The van der Waals surface area contributed by atoms with E-state index in [0.717, 1.165) is 19.1 Å². The number of hydrogen-bond donors (Lipinski definition) is 0. The summed E-state index contributed by atoms with van der Waals surface area (Å²) in [6, 6.07) is 10.8. The number of ether oxygens (including phenoxy) is 1. The third-order valence-electron chi connectivity index (χ3n) is 4.74. The molecule has 104 valence electrons. The minimum Gasteiger partial charge on any atom is -0.369 e. The molecule has 1 spiro atoms. The molecule has 3 rings (SSSR count). The molecule has 2 nitrogen and oxygen atoms in total. The predicted octanol–water partition coefficient (Wildman–Crippen LogP) is 3.47. The molecule has 2 fully saturated rings. The Morgan fingerprint density at radius 3 is 2.79 bits per heavy atom. The number of likely N-dealkylation sites (tertiary alicyclic amines) is 1. The molecule has 0 bridgehead atoms. The second-order valence-corrected chi connectivity index (χ2v) is 6.16. The van der Waals surface area contributed by atoms with Crippen LogP contribution in [-0.2, 0) is 11.3 Å². The van der Waals surface area contributed by atoms with Gasteiger partial charge in [-0.3, -0.25) is 4.90 Å². The third-order valence-corrected chi connectivity index (χ3v) is 4.74. The number of nitrogens with zero attached hydrogens (tertiary/aromatic N) is 1. The summed E-state index contributed by atoms with van der Waals surface area (Å²) in [5.74, 6) is 0.755. The molecule has 0 aromatic heterocycles. The van der Waals surface area contributed by atoms with Crippen molar-refractivity contribution in [2.75, 3.05) is 19.7 Å². The van der Waals surface area contributed by atoms with Crippen LogP contribution in [-0.4, -0.2) is 30.2 Å². The number of benzene rings is 1. The quantitative estimate of drug-likeness (QED) is 0.753. The van der Waals surface area contributed by atoms with Crippen molar-refractivity contribution in [3.63, 3.8) is 0 Å². The summed E-state index contributed by atoms with van der Waals surface area (Å²) in [6.07, 6.45) is 5.20. The zero-order valence-electron chi connectivity index (χ0n) is 12.0. The highest BCUT2D eigenvalue weighted by Crippen LogP contribution is 2.44. The van der Waals surface area contributed by atoms with Crippen LogP contribution < -0.4 is 0 Å². The van der Waals surface area contributed by atoms with E-state index in [1.807, 2.05) is 0 Å². The van der Waals surface area contributed by atoms with E-state index in [0.29, 0.717) is 0 Å². The third kappa shape index (κ3) is 3.01. The van der Waals surface area contributed by atoms with Crippen molar-refractivity contribution < 1.29 is 4.74 Å². The molecule has 19 heavy (non-hydrogen) atoms. The summed E-state index contributed by atoms with van der Waals surface area (Å²) < 4.78 is 5.82. The first-order valence-electron chi connectivity index (χ1n) is 7.73. The van der Waals surface area contributed by atoms with Gasteiger partial charge in [-0.15, -0.1) is 0 Å². The summed E-state index contributed by atoms with van der Waals surface area (Å²) in [6.45, 7) is 6.80. The standard InChI is InChI=1S/C17H25NO/c1-2-3-9-16-13-18(11-10-17(16)14-19-17)12-15-7-5-4-6-8-15/h4-8,16H,2-3,9-14H2,1H3. The second-order valence-electron chi connectivity index (χ2n) is 6.16. The average molecular weight is 259 g/mol. The highest BCUT2D eigenvalue weighted by atomic mass is 16.6. The van der Waals surface area contributed by atoms with Crippen LogP contribution >= 0.6 is 0 Å². The van der Waals surface area contributed by atoms with Gasteiger partial charge in [0.1, 0.15) is 0 Å². The molecule has 0 amide bonds. The highest BCUT2D eigenvalue weighted by molar-refractivity contribution is 5.15. The molecule has 2 aliphatic heterocycles. The van der Waals surface area contributed by atoms with Crippen molar-refractivity contribution in [1.82, 2.24) is 4.90 Å². The minimum absolute atomic E-state index is 0.280. The normalized spacial score (nSPS) is 30.7. The van der Waals surface area contributed by atoms with E-state index in [1.54, 1.807) is 0 Å². The highest BCUT2D eigenvalue weighted by Gasteiger charge is 2.53. The first kappa shape index (κ1) is 13.1. The van der Waals surface area contributed by atoms with Gasteiger partial charge in [-0.05, 0) is 18.4 Å². The van der Waals surface area contributed by atoms with Crippen LogP contribution in [0, 0.1) is 5.92 Å². The molecule has 2 heterocycles. The summed E-state index contributed by atoms with van der Waals surface area (Å²) in [7, 11) is 0. The van der Waals surface area contributed by atoms with Crippen LogP contribution in [0.1, 0.15) is 38.2 Å². The molecule has 1 aromatic rings. The van der Waals surface area contributed by atoms with Crippen LogP contribution in [0.15, 0.2) is 30.3 Å². The van der Waals surface area contributed by atoms with Gasteiger partial charge in [0, 0.05) is 25.6 Å². The maximum absolute atomic E-state index is 5.82. The first-order valence-corrected chi connectivity index (χ1v) is 7.73. The number of piperidine rings is 1. The van der Waals surface area contributed by atoms with Gasteiger partial charge < -0.3 is 4.74 Å². The summed E-state index contributed by atoms with van der Waals surface area (Å²) in [4.78, 5) is 2.61. The molecular formula is C17H25NO. The Hall–Kier alpha value is -0.860. The summed E-state index contributed by atoms with van der Waals surface area (Å²) >= 11 is 0. The number of rotatable bonds is 5. The summed E-state index contributed by atoms with van der Waals surface area (Å²) in [5.41, 5.74) is 1.71. The fourth-order valence-corrected chi connectivity index (χ4v) is 3.38. The smallest absolute Gasteiger partial charge is 0.0968 e. The van der Waals surface area contributed by atoms with E-state index in [1.165, 1.54) is 44.3 Å². The zero-order chi connectivity index (χ0) is 13.1. The number of hydrogen-bond acceptors (Lipinski definition) is 2. The predicted molar refractivity (Wildman–Crippen MR) is 78.0 cm³/mol. The Morgan fingerprint density at radius 2 is 2.11 bits per heavy atom. The van der Waals surface area contributed by atoms with Gasteiger partial charge >= 0.3 is 0 Å². The maximum atomic E-state index is 5.82. The Kier molecular flexibility index (Phi) is 3.90. The lowest BCUT2D eigenvalue weighted by atomic mass is 9.82. The molecular weight excluding hydrogens is 234 g/mol. The van der Waals surface area contributed by atoms with Crippen LogP contribution in [0.3, 0.4) is 0 Å². The van der Waals surface area contributed by atoms with Gasteiger partial charge in [0.15, 0.2) is 0 Å². The van der Waals surface area contributed by atoms with E-state index in [2.05, 4.69) is 42.2 Å². The van der Waals surface area contributed by atoms with Crippen molar-refractivity contribution in [3.8, 4) is 0 Å². The number of unbranched alkanes of at least 4 members (excludes halogenated alkanes) is 1. The van der Waals surface area contributed by atoms with Crippen molar-refractivity contribution in [2.45, 2.75) is 44.8 Å². The fourth-order valence-electron chi connectivity index (χ4n) is 3.38. The van der Waals surface area contributed by atoms with Crippen molar-refractivity contribution in [2.24, 2.45) is 5.92 Å². The van der Waals surface area contributed by atoms with E-state index in [-0.39, 0.29) is 5.60 Å². The Morgan fingerprint density at radius 1 is 1.32 bits per heavy atom. The van der Waals surface area contributed by atoms with Gasteiger partial charge in [0.2, 0.25) is 0 Å². The van der Waals surface area contributed by atoms with Gasteiger partial charge in [0.25, 0.3) is 0 Å². The van der Waals surface area contributed by atoms with Crippen molar-refractivity contribution in [1.29, 1.82) is 0 Å². The molecule has 2 aliphatic rings. The van der Waals surface area contributed by atoms with Crippen LogP contribution in [0.25, 0.3) is 0 Å². The molecule has 1 aromatic carbocycles. The number of epoxide rings is 1.